The van der Waals surface area contributed by atoms with Gasteiger partial charge in [-0.3, -0.25) is 5.32 Å². The summed E-state index contributed by atoms with van der Waals surface area (Å²) in [6.45, 7) is 1.53. The average Bonchev–Trinajstić information content (AvgIpc) is 2.88. The van der Waals surface area contributed by atoms with Gasteiger partial charge in [0.25, 0.3) is 0 Å². The maximum absolute atomic E-state index is 12.4. The lowest BCUT2D eigenvalue weighted by Crippen LogP contribution is -2.35. The molecule has 3 rings (SSSR count). The molecule has 2 heterocycles. The second-order valence-corrected chi connectivity index (χ2v) is 6.80. The smallest absolute Gasteiger partial charge is 0.339 e. The summed E-state index contributed by atoms with van der Waals surface area (Å²) in [5.74, 6) is -0.930. The summed E-state index contributed by atoms with van der Waals surface area (Å²) in [5, 5.41) is 12.8. The number of hydrogen-bond acceptors (Lipinski definition) is 3. The predicted molar refractivity (Wildman–Crippen MR) is 82.4 cm³/mol. The Morgan fingerprint density at radius 2 is 1.76 bits per heavy atom. The lowest BCUT2D eigenvalue weighted by molar-refractivity contribution is 0.0697. The van der Waals surface area contributed by atoms with E-state index >= 15 is 0 Å². The maximum Gasteiger partial charge on any atom is 0.339 e. The van der Waals surface area contributed by atoms with Crippen LogP contribution in [0.25, 0.3) is 0 Å². The number of amides is 2. The summed E-state index contributed by atoms with van der Waals surface area (Å²) in [7, 11) is 0. The zero-order valence-corrected chi connectivity index (χ0v) is 12.8. The topological polar surface area (TPSA) is 69.6 Å². The number of urea groups is 1. The van der Waals surface area contributed by atoms with Gasteiger partial charge in [-0.25, -0.2) is 9.59 Å². The van der Waals surface area contributed by atoms with Gasteiger partial charge in [-0.05, 0) is 37.7 Å². The number of nitrogens with one attached hydrogen (secondary N) is 1. The Kier molecular flexibility index (Phi) is 4.14. The van der Waals surface area contributed by atoms with Crippen LogP contribution in [-0.2, 0) is 12.8 Å². The Bertz CT molecular complexity index is 560. The zero-order chi connectivity index (χ0) is 14.8. The van der Waals surface area contributed by atoms with E-state index in [1.165, 1.54) is 11.3 Å². The molecule has 1 aromatic rings. The van der Waals surface area contributed by atoms with Crippen molar-refractivity contribution in [1.82, 2.24) is 4.90 Å². The molecule has 0 spiro atoms. The first-order valence-electron chi connectivity index (χ1n) is 7.60. The second-order valence-electron chi connectivity index (χ2n) is 5.70. The zero-order valence-electron chi connectivity index (χ0n) is 12.0. The van der Waals surface area contributed by atoms with Gasteiger partial charge in [-0.1, -0.05) is 12.8 Å². The van der Waals surface area contributed by atoms with Crippen molar-refractivity contribution in [2.75, 3.05) is 18.4 Å². The van der Waals surface area contributed by atoms with E-state index in [9.17, 15) is 14.7 Å². The fourth-order valence-electron chi connectivity index (χ4n) is 3.17. The first-order chi connectivity index (χ1) is 10.2. The molecule has 2 aliphatic rings. The van der Waals surface area contributed by atoms with Crippen LogP contribution in [0.5, 0.6) is 0 Å². The number of carboxylic acid groups (broad SMARTS) is 1. The summed E-state index contributed by atoms with van der Waals surface area (Å²) in [6.07, 6.45) is 7.14. The molecule has 6 heteroatoms. The molecule has 5 nitrogen and oxygen atoms in total. The van der Waals surface area contributed by atoms with Gasteiger partial charge in [-0.15, -0.1) is 11.3 Å². The molecule has 21 heavy (non-hydrogen) atoms. The highest BCUT2D eigenvalue weighted by Crippen LogP contribution is 2.39. The fourth-order valence-corrected chi connectivity index (χ4v) is 4.44. The molecule has 0 atom stereocenters. The van der Waals surface area contributed by atoms with E-state index < -0.39 is 5.97 Å². The van der Waals surface area contributed by atoms with Crippen molar-refractivity contribution in [2.24, 2.45) is 0 Å². The van der Waals surface area contributed by atoms with E-state index in [1.807, 2.05) is 4.90 Å². The number of carbonyl (C=O) groups is 2. The number of anilines is 1. The molecule has 1 saturated heterocycles. The molecule has 0 saturated carbocycles. The van der Waals surface area contributed by atoms with Crippen LogP contribution in [0, 0.1) is 0 Å². The number of hydrogen-bond donors (Lipinski definition) is 2. The largest absolute Gasteiger partial charge is 0.478 e. The normalized spacial score (nSPS) is 18.2. The minimum absolute atomic E-state index is 0.153. The van der Waals surface area contributed by atoms with E-state index in [1.54, 1.807) is 0 Å². The molecule has 0 unspecified atom stereocenters. The Morgan fingerprint density at radius 3 is 2.43 bits per heavy atom. The van der Waals surface area contributed by atoms with Crippen LogP contribution in [0.3, 0.4) is 0 Å². The van der Waals surface area contributed by atoms with E-state index in [-0.39, 0.29) is 6.03 Å². The maximum atomic E-state index is 12.4. The summed E-state index contributed by atoms with van der Waals surface area (Å²) < 4.78 is 0. The molecular weight excluding hydrogens is 288 g/mol. The van der Waals surface area contributed by atoms with Crippen LogP contribution in [0.4, 0.5) is 9.80 Å². The van der Waals surface area contributed by atoms with Crippen molar-refractivity contribution in [1.29, 1.82) is 0 Å². The Labute approximate surface area is 128 Å². The minimum atomic E-state index is -0.930. The number of thiophene rings is 1. The van der Waals surface area contributed by atoms with Crippen molar-refractivity contribution in [3.05, 3.63) is 16.0 Å². The highest BCUT2D eigenvalue weighted by atomic mass is 32.1. The first-order valence-corrected chi connectivity index (χ1v) is 8.42. The predicted octanol–water partition coefficient (Wildman–Crippen LogP) is 3.34. The summed E-state index contributed by atoms with van der Waals surface area (Å²) in [4.78, 5) is 26.8. The molecule has 0 radical (unpaired) electrons. The number of carboxylic acids is 1. The molecule has 114 valence electrons. The summed E-state index contributed by atoms with van der Waals surface area (Å²) >= 11 is 1.44. The number of aromatic carboxylic acids is 1. The van der Waals surface area contributed by atoms with Gasteiger partial charge in [0.05, 0.1) is 5.56 Å². The van der Waals surface area contributed by atoms with Gasteiger partial charge in [0.2, 0.25) is 0 Å². The summed E-state index contributed by atoms with van der Waals surface area (Å²) in [6, 6.07) is -0.153. The molecule has 1 aromatic heterocycles. The van der Waals surface area contributed by atoms with E-state index in [2.05, 4.69) is 5.32 Å². The van der Waals surface area contributed by atoms with E-state index in [4.69, 9.17) is 0 Å². The average molecular weight is 308 g/mol. The monoisotopic (exact) mass is 308 g/mol. The van der Waals surface area contributed by atoms with Crippen molar-refractivity contribution in [3.8, 4) is 0 Å². The van der Waals surface area contributed by atoms with E-state index in [0.717, 1.165) is 68.5 Å². The van der Waals surface area contributed by atoms with Crippen LogP contribution >= 0.6 is 11.3 Å². The highest BCUT2D eigenvalue weighted by Gasteiger charge is 2.28. The number of aryl methyl sites for hydroxylation is 1. The Hall–Kier alpha value is -1.56. The lowest BCUT2D eigenvalue weighted by atomic mass is 10.1. The first kappa shape index (κ1) is 14.4. The summed E-state index contributed by atoms with van der Waals surface area (Å²) in [5.41, 5.74) is 1.24. The molecule has 2 amide bonds. The minimum Gasteiger partial charge on any atom is -0.478 e. The van der Waals surface area contributed by atoms with E-state index in [0.29, 0.717) is 10.6 Å². The SMILES string of the molecule is O=C(O)c1c(NC(=O)N2CCCCCC2)sc2c1CCC2. The number of carbonyl (C=O) groups excluding carboxylic acids is 1. The fraction of sp³-hybridized carbons (Fsp3) is 0.600. The Balaban J connectivity index is 1.78. The molecule has 0 aromatic carbocycles. The van der Waals surface area contributed by atoms with Crippen molar-refractivity contribution < 1.29 is 14.7 Å². The van der Waals surface area contributed by atoms with Gasteiger partial charge in [0.1, 0.15) is 5.00 Å². The number of nitrogens with zero attached hydrogens (tertiary/aromatic N) is 1. The second kappa shape index (κ2) is 6.05. The molecule has 1 aliphatic heterocycles. The third-order valence-corrected chi connectivity index (χ3v) is 5.46. The molecule has 1 fully saturated rings. The van der Waals surface area contributed by atoms with Crippen LogP contribution in [0.2, 0.25) is 0 Å². The van der Waals surface area contributed by atoms with Gasteiger partial charge in [-0.2, -0.15) is 0 Å². The van der Waals surface area contributed by atoms with Gasteiger partial charge in [0.15, 0.2) is 0 Å². The van der Waals surface area contributed by atoms with Crippen molar-refractivity contribution in [3.63, 3.8) is 0 Å². The Morgan fingerprint density at radius 1 is 1.05 bits per heavy atom. The molecular formula is C15H20N2O3S. The van der Waals surface area contributed by atoms with Gasteiger partial charge >= 0.3 is 12.0 Å². The molecule has 0 bridgehead atoms. The quantitative estimate of drug-likeness (QED) is 0.880. The van der Waals surface area contributed by atoms with Gasteiger partial charge < -0.3 is 10.0 Å². The molecule has 1 aliphatic carbocycles. The van der Waals surface area contributed by atoms with Crippen LogP contribution in [-0.4, -0.2) is 35.1 Å². The van der Waals surface area contributed by atoms with Crippen molar-refractivity contribution >= 4 is 28.3 Å². The number of likely N-dealkylation sites (tertiary alicyclic amines) is 1. The number of fused-ring (bicyclic) bond motifs is 1. The van der Waals surface area contributed by atoms with Crippen LogP contribution in [0.15, 0.2) is 0 Å². The third kappa shape index (κ3) is 2.90. The van der Waals surface area contributed by atoms with Crippen LogP contribution < -0.4 is 5.32 Å². The van der Waals surface area contributed by atoms with Crippen LogP contribution in [0.1, 0.15) is 52.9 Å². The number of rotatable bonds is 2. The molecule has 2 N–H and O–H groups in total. The van der Waals surface area contributed by atoms with Gasteiger partial charge in [0, 0.05) is 18.0 Å². The third-order valence-electron chi connectivity index (χ3n) is 4.25. The lowest BCUT2D eigenvalue weighted by Gasteiger charge is -2.20. The van der Waals surface area contributed by atoms with Crippen molar-refractivity contribution in [2.45, 2.75) is 44.9 Å². The highest BCUT2D eigenvalue weighted by molar-refractivity contribution is 7.17. The standard InChI is InChI=1S/C15H20N2O3S/c18-14(19)12-10-6-5-7-11(10)21-13(12)16-15(20)17-8-3-1-2-4-9-17/h1-9H2,(H,16,20)(H,18,19).